The van der Waals surface area contributed by atoms with Gasteiger partial charge in [0.1, 0.15) is 17.8 Å². The zero-order valence-electron chi connectivity index (χ0n) is 9.36. The summed E-state index contributed by atoms with van der Waals surface area (Å²) in [4.78, 5) is 11.3. The zero-order chi connectivity index (χ0) is 11.5. The molecule has 1 rings (SSSR count). The van der Waals surface area contributed by atoms with Gasteiger partial charge < -0.3 is 19.3 Å². The number of hydrogen-bond acceptors (Lipinski definition) is 5. The molecule has 5 heteroatoms. The topological polar surface area (TPSA) is 65.0 Å². The predicted octanol–water partition coefficient (Wildman–Crippen LogP) is 1.09. The lowest BCUT2D eigenvalue weighted by atomic mass is 10.2. The lowest BCUT2D eigenvalue weighted by molar-refractivity contribution is -0.0538. The van der Waals surface area contributed by atoms with Crippen molar-refractivity contribution in [3.05, 3.63) is 0 Å². The fourth-order valence-corrected chi connectivity index (χ4v) is 1.33. The monoisotopic (exact) mass is 218 g/mol. The highest BCUT2D eigenvalue weighted by atomic mass is 16.7. The minimum atomic E-state index is -0.712. The number of aliphatic hydroxyl groups is 1. The maximum Gasteiger partial charge on any atom is 0.509 e. The smallest absolute Gasteiger partial charge is 0.429 e. The van der Waals surface area contributed by atoms with Gasteiger partial charge in [-0.05, 0) is 20.8 Å². The molecule has 1 aliphatic rings. The van der Waals surface area contributed by atoms with Crippen molar-refractivity contribution >= 4 is 6.16 Å². The first-order valence-electron chi connectivity index (χ1n) is 5.04. The normalized spacial score (nSPS) is 26.4. The third-order valence-electron chi connectivity index (χ3n) is 1.97. The van der Waals surface area contributed by atoms with Gasteiger partial charge in [-0.2, -0.15) is 0 Å². The number of carbonyl (C=O) groups is 1. The van der Waals surface area contributed by atoms with Gasteiger partial charge in [-0.15, -0.1) is 0 Å². The summed E-state index contributed by atoms with van der Waals surface area (Å²) >= 11 is 0. The van der Waals surface area contributed by atoms with Crippen LogP contribution in [0, 0.1) is 0 Å². The van der Waals surface area contributed by atoms with Crippen molar-refractivity contribution in [3.63, 3.8) is 0 Å². The first-order chi connectivity index (χ1) is 6.92. The molecule has 0 aliphatic carbocycles. The van der Waals surface area contributed by atoms with Crippen LogP contribution in [0.5, 0.6) is 0 Å². The van der Waals surface area contributed by atoms with Crippen LogP contribution in [0.2, 0.25) is 0 Å². The third kappa shape index (κ3) is 4.05. The summed E-state index contributed by atoms with van der Waals surface area (Å²) in [6.45, 7) is 5.65. The van der Waals surface area contributed by atoms with Gasteiger partial charge in [-0.1, -0.05) is 0 Å². The molecule has 2 atom stereocenters. The molecule has 0 spiro atoms. The van der Waals surface area contributed by atoms with E-state index in [-0.39, 0.29) is 6.61 Å². The highest BCUT2D eigenvalue weighted by molar-refractivity contribution is 5.60. The minimum absolute atomic E-state index is 0.145. The van der Waals surface area contributed by atoms with Gasteiger partial charge >= 0.3 is 6.16 Å². The van der Waals surface area contributed by atoms with Crippen molar-refractivity contribution in [2.45, 2.75) is 45.0 Å². The molecule has 2 unspecified atom stereocenters. The Morgan fingerprint density at radius 1 is 1.53 bits per heavy atom. The molecule has 1 saturated heterocycles. The summed E-state index contributed by atoms with van der Waals surface area (Å²) in [5.74, 6) is 0. The molecule has 1 N–H and O–H groups in total. The Morgan fingerprint density at radius 2 is 2.20 bits per heavy atom. The Hall–Kier alpha value is -0.810. The highest BCUT2D eigenvalue weighted by Gasteiger charge is 2.32. The van der Waals surface area contributed by atoms with Crippen LogP contribution in [0.15, 0.2) is 0 Å². The Labute approximate surface area is 89.3 Å². The SMILES string of the molecule is CC(C)(C)OC(=O)OC1CCOC1CO. The first kappa shape index (κ1) is 12.3. The van der Waals surface area contributed by atoms with Crippen LogP contribution in [-0.2, 0) is 14.2 Å². The summed E-state index contributed by atoms with van der Waals surface area (Å²) in [5, 5.41) is 8.92. The largest absolute Gasteiger partial charge is 0.509 e. The van der Waals surface area contributed by atoms with E-state index < -0.39 is 24.0 Å². The van der Waals surface area contributed by atoms with Crippen LogP contribution in [0.4, 0.5) is 4.79 Å². The van der Waals surface area contributed by atoms with Gasteiger partial charge in [-0.25, -0.2) is 4.79 Å². The van der Waals surface area contributed by atoms with Crippen molar-refractivity contribution in [2.24, 2.45) is 0 Å². The molecule has 1 fully saturated rings. The molecule has 0 saturated carbocycles. The van der Waals surface area contributed by atoms with Gasteiger partial charge in [-0.3, -0.25) is 0 Å². The van der Waals surface area contributed by atoms with E-state index in [1.54, 1.807) is 20.8 Å². The first-order valence-corrected chi connectivity index (χ1v) is 5.04. The molecule has 0 aromatic carbocycles. The number of ether oxygens (including phenoxy) is 3. The highest BCUT2D eigenvalue weighted by Crippen LogP contribution is 2.18. The van der Waals surface area contributed by atoms with Crippen LogP contribution < -0.4 is 0 Å². The van der Waals surface area contributed by atoms with Crippen LogP contribution in [0.25, 0.3) is 0 Å². The number of hydrogen-bond donors (Lipinski definition) is 1. The molecular weight excluding hydrogens is 200 g/mol. The molecule has 5 nitrogen and oxygen atoms in total. The third-order valence-corrected chi connectivity index (χ3v) is 1.97. The van der Waals surface area contributed by atoms with E-state index in [1.165, 1.54) is 0 Å². The second-order valence-electron chi connectivity index (χ2n) is 4.50. The standard InChI is InChI=1S/C10H18O5/c1-10(2,3)15-9(12)14-7-4-5-13-8(7)6-11/h7-8,11H,4-6H2,1-3H3. The molecule has 1 heterocycles. The lowest BCUT2D eigenvalue weighted by Crippen LogP contribution is -2.33. The molecule has 15 heavy (non-hydrogen) atoms. The van der Waals surface area contributed by atoms with Crippen LogP contribution in [0.3, 0.4) is 0 Å². The average Bonchev–Trinajstić information content (AvgIpc) is 2.48. The van der Waals surface area contributed by atoms with E-state index in [1.807, 2.05) is 0 Å². The van der Waals surface area contributed by atoms with Crippen LogP contribution in [-0.4, -0.2) is 42.3 Å². The Kier molecular flexibility index (Phi) is 3.93. The zero-order valence-corrected chi connectivity index (χ0v) is 9.36. The quantitative estimate of drug-likeness (QED) is 0.703. The number of carbonyl (C=O) groups excluding carboxylic acids is 1. The summed E-state index contributed by atoms with van der Waals surface area (Å²) in [6.07, 6.45) is -0.927. The summed E-state index contributed by atoms with van der Waals surface area (Å²) in [5.41, 5.74) is -0.564. The Morgan fingerprint density at radius 3 is 2.73 bits per heavy atom. The van der Waals surface area contributed by atoms with Gasteiger partial charge in [0.25, 0.3) is 0 Å². The maximum absolute atomic E-state index is 11.3. The van der Waals surface area contributed by atoms with Crippen molar-refractivity contribution in [2.75, 3.05) is 13.2 Å². The number of aliphatic hydroxyl groups excluding tert-OH is 1. The van der Waals surface area contributed by atoms with E-state index in [4.69, 9.17) is 19.3 Å². The second kappa shape index (κ2) is 4.81. The van der Waals surface area contributed by atoms with Crippen molar-refractivity contribution in [1.29, 1.82) is 0 Å². The number of rotatable bonds is 2. The molecule has 0 aromatic heterocycles. The van der Waals surface area contributed by atoms with Gasteiger partial charge in [0.2, 0.25) is 0 Å². The summed E-state index contributed by atoms with van der Waals surface area (Å²) < 4.78 is 15.2. The van der Waals surface area contributed by atoms with Gasteiger partial charge in [0.05, 0.1) is 13.2 Å². The van der Waals surface area contributed by atoms with Crippen LogP contribution >= 0.6 is 0 Å². The summed E-state index contributed by atoms with van der Waals surface area (Å²) in [6, 6.07) is 0. The summed E-state index contributed by atoms with van der Waals surface area (Å²) in [7, 11) is 0. The van der Waals surface area contributed by atoms with Gasteiger partial charge in [0.15, 0.2) is 0 Å². The van der Waals surface area contributed by atoms with E-state index in [2.05, 4.69) is 0 Å². The van der Waals surface area contributed by atoms with E-state index in [0.717, 1.165) is 0 Å². The minimum Gasteiger partial charge on any atom is -0.429 e. The van der Waals surface area contributed by atoms with Crippen LogP contribution in [0.1, 0.15) is 27.2 Å². The molecule has 0 radical (unpaired) electrons. The maximum atomic E-state index is 11.3. The molecule has 1 aliphatic heterocycles. The van der Waals surface area contributed by atoms with Crippen molar-refractivity contribution < 1.29 is 24.1 Å². The average molecular weight is 218 g/mol. The van der Waals surface area contributed by atoms with Gasteiger partial charge in [0, 0.05) is 6.42 Å². The Balaban J connectivity index is 2.37. The van der Waals surface area contributed by atoms with E-state index in [0.29, 0.717) is 13.0 Å². The predicted molar refractivity (Wildman–Crippen MR) is 52.5 cm³/mol. The fraction of sp³-hybridized carbons (Fsp3) is 0.900. The molecule has 88 valence electrons. The van der Waals surface area contributed by atoms with Crippen molar-refractivity contribution in [3.8, 4) is 0 Å². The molecular formula is C10H18O5. The molecule has 0 aromatic rings. The molecule has 0 amide bonds. The Bertz CT molecular complexity index is 220. The van der Waals surface area contributed by atoms with E-state index >= 15 is 0 Å². The second-order valence-corrected chi connectivity index (χ2v) is 4.50. The van der Waals surface area contributed by atoms with Crippen molar-refractivity contribution in [1.82, 2.24) is 0 Å². The van der Waals surface area contributed by atoms with E-state index in [9.17, 15) is 4.79 Å². The molecule has 0 bridgehead atoms. The fourth-order valence-electron chi connectivity index (χ4n) is 1.33. The lowest BCUT2D eigenvalue weighted by Gasteiger charge is -2.22.